The van der Waals surface area contributed by atoms with E-state index in [4.69, 9.17) is 0 Å². The highest BCUT2D eigenvalue weighted by Crippen LogP contribution is 2.36. The number of halogens is 2. The van der Waals surface area contributed by atoms with E-state index in [1.165, 1.54) is 18.9 Å². The molecule has 0 radical (unpaired) electrons. The highest BCUT2D eigenvalue weighted by molar-refractivity contribution is 5.23. The summed E-state index contributed by atoms with van der Waals surface area (Å²) in [5.74, 6) is -1.02. The third kappa shape index (κ3) is 2.09. The van der Waals surface area contributed by atoms with Crippen molar-refractivity contribution in [2.24, 2.45) is 5.92 Å². The number of benzene rings is 1. The van der Waals surface area contributed by atoms with Crippen molar-refractivity contribution < 1.29 is 8.78 Å². The van der Waals surface area contributed by atoms with Gasteiger partial charge in [0.15, 0.2) is 11.6 Å². The Labute approximate surface area is 94.9 Å². The second-order valence-electron chi connectivity index (χ2n) is 4.45. The van der Waals surface area contributed by atoms with Gasteiger partial charge in [0, 0.05) is 11.6 Å². The van der Waals surface area contributed by atoms with Crippen molar-refractivity contribution in [2.75, 3.05) is 7.05 Å². The maximum Gasteiger partial charge on any atom is 0.163 e. The zero-order chi connectivity index (χ0) is 11.5. The van der Waals surface area contributed by atoms with Crippen LogP contribution >= 0.6 is 0 Å². The Morgan fingerprint density at radius 1 is 1.25 bits per heavy atom. The Morgan fingerprint density at radius 3 is 2.56 bits per heavy atom. The van der Waals surface area contributed by atoms with E-state index >= 15 is 0 Å². The molecule has 0 aliphatic heterocycles. The van der Waals surface area contributed by atoms with Crippen LogP contribution in [0.25, 0.3) is 0 Å². The molecule has 1 saturated carbocycles. The van der Waals surface area contributed by atoms with Crippen LogP contribution in [-0.4, -0.2) is 7.05 Å². The zero-order valence-electron chi connectivity index (χ0n) is 9.47. The minimum absolute atomic E-state index is 0.0572. The van der Waals surface area contributed by atoms with Crippen LogP contribution < -0.4 is 5.32 Å². The minimum Gasteiger partial charge on any atom is -0.313 e. The molecule has 2 rings (SSSR count). The van der Waals surface area contributed by atoms with E-state index in [0.717, 1.165) is 12.8 Å². The van der Waals surface area contributed by atoms with Gasteiger partial charge in [0.25, 0.3) is 0 Å². The molecule has 1 nitrogen and oxygen atoms in total. The quantitative estimate of drug-likeness (QED) is 0.831. The second-order valence-corrected chi connectivity index (χ2v) is 4.45. The van der Waals surface area contributed by atoms with Crippen molar-refractivity contribution in [3.05, 3.63) is 35.4 Å². The van der Waals surface area contributed by atoms with E-state index in [-0.39, 0.29) is 6.04 Å². The fourth-order valence-electron chi connectivity index (χ4n) is 2.70. The van der Waals surface area contributed by atoms with Crippen molar-refractivity contribution >= 4 is 0 Å². The van der Waals surface area contributed by atoms with Gasteiger partial charge in [0.2, 0.25) is 0 Å². The van der Waals surface area contributed by atoms with Crippen LogP contribution in [0.5, 0.6) is 0 Å². The fourth-order valence-corrected chi connectivity index (χ4v) is 2.70. The van der Waals surface area contributed by atoms with Gasteiger partial charge in [0.05, 0.1) is 0 Å². The molecule has 88 valence electrons. The Kier molecular flexibility index (Phi) is 3.54. The first-order chi connectivity index (χ1) is 7.74. The van der Waals surface area contributed by atoms with Crippen LogP contribution in [0.1, 0.15) is 37.3 Å². The molecule has 0 bridgehead atoms. The van der Waals surface area contributed by atoms with Gasteiger partial charge in [-0.2, -0.15) is 0 Å². The van der Waals surface area contributed by atoms with E-state index in [9.17, 15) is 8.78 Å². The van der Waals surface area contributed by atoms with Crippen molar-refractivity contribution in [1.29, 1.82) is 0 Å². The Morgan fingerprint density at radius 2 is 1.94 bits per heavy atom. The van der Waals surface area contributed by atoms with Gasteiger partial charge in [-0.3, -0.25) is 0 Å². The number of hydrogen-bond acceptors (Lipinski definition) is 1. The summed E-state index contributed by atoms with van der Waals surface area (Å²) in [5.41, 5.74) is 0.467. The first kappa shape index (κ1) is 11.5. The molecule has 0 amide bonds. The van der Waals surface area contributed by atoms with Crippen molar-refractivity contribution in [1.82, 2.24) is 5.32 Å². The lowest BCUT2D eigenvalue weighted by Crippen LogP contribution is -2.24. The van der Waals surface area contributed by atoms with Crippen LogP contribution in [0.3, 0.4) is 0 Å². The summed E-state index contributed by atoms with van der Waals surface area (Å²) in [5, 5.41) is 3.12. The molecule has 1 aliphatic carbocycles. The molecule has 1 N–H and O–H groups in total. The topological polar surface area (TPSA) is 12.0 Å². The second kappa shape index (κ2) is 4.91. The number of hydrogen-bond donors (Lipinski definition) is 1. The van der Waals surface area contributed by atoms with Crippen LogP contribution in [0, 0.1) is 17.6 Å². The monoisotopic (exact) mass is 225 g/mol. The molecule has 1 unspecified atom stereocenters. The molecule has 1 atom stereocenters. The Bertz CT molecular complexity index is 359. The molecular formula is C13H17F2N. The van der Waals surface area contributed by atoms with Crippen molar-refractivity contribution in [3.63, 3.8) is 0 Å². The largest absolute Gasteiger partial charge is 0.313 e. The van der Waals surface area contributed by atoms with E-state index in [0.29, 0.717) is 11.5 Å². The normalized spacial score (nSPS) is 18.9. The van der Waals surface area contributed by atoms with E-state index < -0.39 is 11.6 Å². The van der Waals surface area contributed by atoms with E-state index in [1.807, 2.05) is 7.05 Å². The smallest absolute Gasteiger partial charge is 0.163 e. The highest BCUT2D eigenvalue weighted by atomic mass is 19.2. The lowest BCUT2D eigenvalue weighted by Gasteiger charge is -2.23. The summed E-state index contributed by atoms with van der Waals surface area (Å²) in [7, 11) is 1.81. The SMILES string of the molecule is CNC(c1cccc(F)c1F)C1CCCC1. The van der Waals surface area contributed by atoms with Crippen LogP contribution in [0.4, 0.5) is 8.78 Å². The van der Waals surface area contributed by atoms with Gasteiger partial charge in [-0.1, -0.05) is 25.0 Å². The Balaban J connectivity index is 2.28. The molecule has 0 heterocycles. The summed E-state index contributed by atoms with van der Waals surface area (Å²) in [6, 6.07) is 4.36. The molecule has 0 saturated heterocycles. The van der Waals surface area contributed by atoms with Crippen LogP contribution in [0.15, 0.2) is 18.2 Å². The van der Waals surface area contributed by atoms with Gasteiger partial charge in [-0.25, -0.2) is 8.78 Å². The van der Waals surface area contributed by atoms with E-state index in [1.54, 1.807) is 12.1 Å². The van der Waals surface area contributed by atoms with Crippen LogP contribution in [-0.2, 0) is 0 Å². The van der Waals surface area contributed by atoms with Crippen molar-refractivity contribution in [3.8, 4) is 0 Å². The summed E-state index contributed by atoms with van der Waals surface area (Å²) < 4.78 is 26.8. The van der Waals surface area contributed by atoms with Crippen molar-refractivity contribution in [2.45, 2.75) is 31.7 Å². The third-order valence-electron chi connectivity index (χ3n) is 3.50. The molecule has 0 aromatic heterocycles. The van der Waals surface area contributed by atoms with Gasteiger partial charge in [-0.15, -0.1) is 0 Å². The fraction of sp³-hybridized carbons (Fsp3) is 0.538. The predicted molar refractivity (Wildman–Crippen MR) is 60.1 cm³/mol. The average molecular weight is 225 g/mol. The summed E-state index contributed by atoms with van der Waals surface area (Å²) in [4.78, 5) is 0. The molecule has 1 aliphatic rings. The average Bonchev–Trinajstić information content (AvgIpc) is 2.79. The molecule has 1 aromatic rings. The first-order valence-electron chi connectivity index (χ1n) is 5.85. The molecule has 1 aromatic carbocycles. The number of rotatable bonds is 3. The zero-order valence-corrected chi connectivity index (χ0v) is 9.47. The molecule has 16 heavy (non-hydrogen) atoms. The summed E-state index contributed by atoms with van der Waals surface area (Å²) >= 11 is 0. The standard InChI is InChI=1S/C13H17F2N/c1-16-13(9-5-2-3-6-9)10-7-4-8-11(14)12(10)15/h4,7-9,13,16H,2-3,5-6H2,1H3. The lowest BCUT2D eigenvalue weighted by atomic mass is 9.91. The van der Waals surface area contributed by atoms with Gasteiger partial charge in [0.1, 0.15) is 0 Å². The van der Waals surface area contributed by atoms with Gasteiger partial charge >= 0.3 is 0 Å². The van der Waals surface area contributed by atoms with Crippen LogP contribution in [0.2, 0.25) is 0 Å². The first-order valence-corrected chi connectivity index (χ1v) is 5.85. The molecule has 1 fully saturated rings. The molecule has 0 spiro atoms. The number of nitrogens with one attached hydrogen (secondary N) is 1. The van der Waals surface area contributed by atoms with Gasteiger partial charge < -0.3 is 5.32 Å². The van der Waals surface area contributed by atoms with E-state index in [2.05, 4.69) is 5.32 Å². The third-order valence-corrected chi connectivity index (χ3v) is 3.50. The summed E-state index contributed by atoms with van der Waals surface area (Å²) in [6.07, 6.45) is 4.59. The molecule has 3 heteroatoms. The predicted octanol–water partition coefficient (Wildman–Crippen LogP) is 3.42. The lowest BCUT2D eigenvalue weighted by molar-refractivity contribution is 0.370. The maximum atomic E-state index is 13.7. The maximum absolute atomic E-state index is 13.7. The highest BCUT2D eigenvalue weighted by Gasteiger charge is 2.27. The van der Waals surface area contributed by atoms with Gasteiger partial charge in [-0.05, 0) is 31.9 Å². The minimum atomic E-state index is -0.754. The molecular weight excluding hydrogens is 208 g/mol. The summed E-state index contributed by atoms with van der Waals surface area (Å²) in [6.45, 7) is 0. The Hall–Kier alpha value is -0.960.